The Labute approximate surface area is 202 Å². The van der Waals surface area contributed by atoms with E-state index in [1.54, 1.807) is 30.9 Å². The van der Waals surface area contributed by atoms with Gasteiger partial charge in [-0.3, -0.25) is 9.48 Å². The first-order valence-electron chi connectivity index (χ1n) is 9.72. The van der Waals surface area contributed by atoms with Crippen LogP contribution in [0.25, 0.3) is 10.2 Å². The van der Waals surface area contributed by atoms with E-state index in [4.69, 9.17) is 4.74 Å². The molecule has 2 aromatic carbocycles. The van der Waals surface area contributed by atoms with Gasteiger partial charge in [0.25, 0.3) is 5.91 Å². The summed E-state index contributed by atoms with van der Waals surface area (Å²) >= 11 is 6.41. The monoisotopic (exact) mass is 529 g/mol. The van der Waals surface area contributed by atoms with Crippen molar-refractivity contribution in [2.24, 2.45) is 5.10 Å². The van der Waals surface area contributed by atoms with E-state index < -0.39 is 0 Å². The number of methoxy groups -OCH3 is 1. The maximum absolute atomic E-state index is 12.5. The molecule has 1 unspecified atom stereocenters. The summed E-state index contributed by atoms with van der Waals surface area (Å²) < 4.78 is 10.2. The van der Waals surface area contributed by atoms with Crippen molar-refractivity contribution in [2.75, 3.05) is 7.11 Å². The number of thioether (sulfide) groups is 1. The highest BCUT2D eigenvalue weighted by Crippen LogP contribution is 2.31. The fraction of sp³-hybridized carbons (Fsp3) is 0.182. The number of ether oxygens (including phenoxy) is 1. The number of fused-ring (bicyclic) bond motifs is 1. The van der Waals surface area contributed by atoms with Gasteiger partial charge in [-0.25, -0.2) is 10.4 Å². The molecule has 4 aromatic rings. The molecular formula is C22H20BrN5O2S2. The van der Waals surface area contributed by atoms with E-state index in [2.05, 4.69) is 36.5 Å². The Balaban J connectivity index is 1.38. The zero-order valence-electron chi connectivity index (χ0n) is 17.4. The van der Waals surface area contributed by atoms with Gasteiger partial charge in [0.15, 0.2) is 4.34 Å². The minimum atomic E-state index is -0.322. The first-order chi connectivity index (χ1) is 15.5. The van der Waals surface area contributed by atoms with Crippen molar-refractivity contribution in [1.82, 2.24) is 20.2 Å². The number of thiazole rings is 1. The quantitative estimate of drug-likeness (QED) is 0.198. The molecule has 7 nitrogen and oxygen atoms in total. The van der Waals surface area contributed by atoms with Gasteiger partial charge >= 0.3 is 0 Å². The largest absolute Gasteiger partial charge is 0.496 e. The molecule has 1 N–H and O–H groups in total. The van der Waals surface area contributed by atoms with Gasteiger partial charge in [-0.2, -0.15) is 10.2 Å². The lowest BCUT2D eigenvalue weighted by Gasteiger charge is -2.10. The molecule has 0 aliphatic heterocycles. The van der Waals surface area contributed by atoms with Gasteiger partial charge in [-0.15, -0.1) is 11.3 Å². The lowest BCUT2D eigenvalue weighted by molar-refractivity contribution is -0.120. The first kappa shape index (κ1) is 22.5. The van der Waals surface area contributed by atoms with Crippen molar-refractivity contribution in [1.29, 1.82) is 0 Å². The normalized spacial score (nSPS) is 12.3. The maximum Gasteiger partial charge on any atom is 0.253 e. The number of carbonyl (C=O) groups excluding carboxylic acids is 1. The van der Waals surface area contributed by atoms with Crippen LogP contribution >= 0.6 is 39.0 Å². The van der Waals surface area contributed by atoms with E-state index in [0.717, 1.165) is 35.9 Å². The van der Waals surface area contributed by atoms with Gasteiger partial charge in [0.05, 0.1) is 46.0 Å². The second-order valence-electron chi connectivity index (χ2n) is 6.87. The number of nitrogens with one attached hydrogen (secondary N) is 1. The molecule has 164 valence electrons. The summed E-state index contributed by atoms with van der Waals surface area (Å²) in [5.41, 5.74) is 5.37. The molecule has 0 bridgehead atoms. The molecule has 0 fully saturated rings. The number of halogens is 1. The zero-order valence-corrected chi connectivity index (χ0v) is 20.6. The van der Waals surface area contributed by atoms with Crippen LogP contribution < -0.4 is 10.2 Å². The molecule has 0 aliphatic rings. The van der Waals surface area contributed by atoms with Crippen LogP contribution in [-0.4, -0.2) is 39.2 Å². The van der Waals surface area contributed by atoms with E-state index in [1.165, 1.54) is 11.8 Å². The standard InChI is InChI=1S/C22H20BrN5O2S2/c1-14(31-22-26-18-5-3-4-6-20(18)32-22)21(29)27-24-10-15-7-8-19(30-2)16(9-15)12-28-13-17(23)11-25-28/h3-11,13-14H,12H2,1-2H3,(H,27,29). The van der Waals surface area contributed by atoms with E-state index in [-0.39, 0.29) is 11.2 Å². The maximum atomic E-state index is 12.5. The number of amides is 1. The Morgan fingerprint density at radius 3 is 2.97 bits per heavy atom. The smallest absolute Gasteiger partial charge is 0.253 e. The summed E-state index contributed by atoms with van der Waals surface area (Å²) in [5, 5.41) is 8.09. The molecule has 0 radical (unpaired) electrons. The first-order valence-corrected chi connectivity index (χ1v) is 12.2. The summed E-state index contributed by atoms with van der Waals surface area (Å²) in [4.78, 5) is 17.0. The number of hydrazone groups is 1. The molecular weight excluding hydrogens is 510 g/mol. The van der Waals surface area contributed by atoms with Crippen molar-refractivity contribution < 1.29 is 9.53 Å². The number of nitrogens with zero attached hydrogens (tertiary/aromatic N) is 4. The van der Waals surface area contributed by atoms with E-state index >= 15 is 0 Å². The number of carbonyl (C=O) groups is 1. The van der Waals surface area contributed by atoms with E-state index in [1.807, 2.05) is 60.3 Å². The van der Waals surface area contributed by atoms with Crippen molar-refractivity contribution in [3.05, 3.63) is 70.5 Å². The van der Waals surface area contributed by atoms with Crippen LogP contribution in [-0.2, 0) is 11.3 Å². The Kier molecular flexibility index (Phi) is 7.23. The zero-order chi connectivity index (χ0) is 22.5. The minimum absolute atomic E-state index is 0.180. The Hall–Kier alpha value is -2.69. The summed E-state index contributed by atoms with van der Waals surface area (Å²) in [6.07, 6.45) is 5.25. The second-order valence-corrected chi connectivity index (χ2v) is 10.4. The Morgan fingerprint density at radius 1 is 1.38 bits per heavy atom. The molecule has 4 rings (SSSR count). The van der Waals surface area contributed by atoms with Crippen LogP contribution in [0.1, 0.15) is 18.1 Å². The van der Waals surface area contributed by atoms with Gasteiger partial charge in [0.2, 0.25) is 0 Å². The Morgan fingerprint density at radius 2 is 2.22 bits per heavy atom. The van der Waals surface area contributed by atoms with Gasteiger partial charge in [-0.1, -0.05) is 23.9 Å². The average molecular weight is 530 g/mol. The third-order valence-electron chi connectivity index (χ3n) is 4.55. The van der Waals surface area contributed by atoms with Crippen LogP contribution in [0, 0.1) is 0 Å². The SMILES string of the molecule is COc1ccc(C=NNC(=O)C(C)Sc2nc3ccccc3s2)cc1Cn1cc(Br)cn1. The lowest BCUT2D eigenvalue weighted by atomic mass is 10.1. The van der Waals surface area contributed by atoms with Gasteiger partial charge in [0, 0.05) is 11.8 Å². The van der Waals surface area contributed by atoms with Crippen LogP contribution in [0.15, 0.2) is 68.8 Å². The van der Waals surface area contributed by atoms with Crippen LogP contribution in [0.5, 0.6) is 5.75 Å². The summed E-state index contributed by atoms with van der Waals surface area (Å²) in [5.74, 6) is 0.583. The van der Waals surface area contributed by atoms with Gasteiger partial charge in [0.1, 0.15) is 5.75 Å². The van der Waals surface area contributed by atoms with E-state index in [0.29, 0.717) is 6.54 Å². The minimum Gasteiger partial charge on any atom is -0.496 e. The number of hydrogen-bond donors (Lipinski definition) is 1. The molecule has 0 aliphatic carbocycles. The fourth-order valence-electron chi connectivity index (χ4n) is 2.97. The molecule has 2 aromatic heterocycles. The van der Waals surface area contributed by atoms with Crippen molar-refractivity contribution in [2.45, 2.75) is 23.1 Å². The molecule has 0 saturated heterocycles. The van der Waals surface area contributed by atoms with Crippen molar-refractivity contribution in [3.8, 4) is 5.75 Å². The van der Waals surface area contributed by atoms with E-state index in [9.17, 15) is 4.79 Å². The average Bonchev–Trinajstić information content (AvgIpc) is 3.38. The second kappa shape index (κ2) is 10.3. The van der Waals surface area contributed by atoms with Crippen molar-refractivity contribution in [3.63, 3.8) is 0 Å². The highest BCUT2D eigenvalue weighted by molar-refractivity contribution is 9.10. The predicted octanol–water partition coefficient (Wildman–Crippen LogP) is 4.94. The molecule has 10 heteroatoms. The highest BCUT2D eigenvalue weighted by Gasteiger charge is 2.16. The third kappa shape index (κ3) is 5.56. The number of benzene rings is 2. The number of hydrogen-bond acceptors (Lipinski definition) is 7. The van der Waals surface area contributed by atoms with Crippen molar-refractivity contribution >= 4 is 61.4 Å². The third-order valence-corrected chi connectivity index (χ3v) is 7.19. The highest BCUT2D eigenvalue weighted by atomic mass is 79.9. The summed E-state index contributed by atoms with van der Waals surface area (Å²) in [7, 11) is 1.64. The molecule has 0 saturated carbocycles. The summed E-state index contributed by atoms with van der Waals surface area (Å²) in [6.45, 7) is 2.40. The topological polar surface area (TPSA) is 81.4 Å². The van der Waals surface area contributed by atoms with Crippen LogP contribution in [0.2, 0.25) is 0 Å². The summed E-state index contributed by atoms with van der Waals surface area (Å²) in [6, 6.07) is 13.7. The number of aromatic nitrogens is 3. The lowest BCUT2D eigenvalue weighted by Crippen LogP contribution is -2.26. The molecule has 2 heterocycles. The number of para-hydroxylation sites is 1. The van der Waals surface area contributed by atoms with Gasteiger partial charge < -0.3 is 4.74 Å². The van der Waals surface area contributed by atoms with Crippen LogP contribution in [0.4, 0.5) is 0 Å². The molecule has 0 spiro atoms. The predicted molar refractivity (Wildman–Crippen MR) is 133 cm³/mol. The Bertz CT molecular complexity index is 1240. The molecule has 1 atom stereocenters. The molecule has 1 amide bonds. The number of rotatable bonds is 8. The fourth-order valence-corrected chi connectivity index (χ4v) is 5.50. The molecule has 32 heavy (non-hydrogen) atoms. The van der Waals surface area contributed by atoms with Crippen LogP contribution in [0.3, 0.4) is 0 Å². The van der Waals surface area contributed by atoms with Gasteiger partial charge in [-0.05, 0) is 58.7 Å².